The molecule has 3 rings (SSSR count). The molecule has 0 aromatic heterocycles. The lowest BCUT2D eigenvalue weighted by Crippen LogP contribution is -2.47. The fraction of sp³-hybridized carbons (Fsp3) is 0.409. The van der Waals surface area contributed by atoms with Crippen molar-refractivity contribution in [2.45, 2.75) is 30.7 Å². The van der Waals surface area contributed by atoms with Crippen LogP contribution in [-0.4, -0.2) is 63.9 Å². The van der Waals surface area contributed by atoms with Crippen molar-refractivity contribution >= 4 is 21.6 Å². The van der Waals surface area contributed by atoms with Crippen LogP contribution in [0.1, 0.15) is 30.1 Å². The van der Waals surface area contributed by atoms with Crippen molar-refractivity contribution in [1.29, 1.82) is 0 Å². The molecule has 1 amide bonds. The molecule has 0 N–H and O–H groups in total. The van der Waals surface area contributed by atoms with Crippen LogP contribution >= 0.6 is 0 Å². The van der Waals surface area contributed by atoms with Crippen LogP contribution in [0.2, 0.25) is 0 Å². The maximum atomic E-state index is 13.3. The first-order valence-corrected chi connectivity index (χ1v) is 11.4. The molecule has 6 nitrogen and oxygen atoms in total. The first kappa shape index (κ1) is 21.3. The van der Waals surface area contributed by atoms with Crippen molar-refractivity contribution in [3.63, 3.8) is 0 Å². The predicted molar refractivity (Wildman–Crippen MR) is 116 cm³/mol. The zero-order chi connectivity index (χ0) is 21.0. The molecule has 1 heterocycles. The Bertz CT molecular complexity index is 945. The Labute approximate surface area is 173 Å². The van der Waals surface area contributed by atoms with Crippen LogP contribution < -0.4 is 4.31 Å². The summed E-state index contributed by atoms with van der Waals surface area (Å²) in [7, 11) is 0.284. The molecule has 1 atom stereocenters. The maximum Gasteiger partial charge on any atom is 0.264 e. The van der Waals surface area contributed by atoms with Crippen LogP contribution in [-0.2, 0) is 10.0 Å². The first-order chi connectivity index (χ1) is 13.8. The van der Waals surface area contributed by atoms with E-state index in [0.29, 0.717) is 36.9 Å². The van der Waals surface area contributed by atoms with E-state index in [1.165, 1.54) is 10.4 Å². The molecule has 1 unspecified atom stereocenters. The number of sulfonamides is 1. The SMILES string of the molecule is CCN(c1ccccc1)S(=O)(=O)c1cccc(C(=O)N2CCCC(N(C)C)C2)c1. The molecule has 29 heavy (non-hydrogen) atoms. The Morgan fingerprint density at radius 3 is 2.48 bits per heavy atom. The zero-order valence-corrected chi connectivity index (χ0v) is 18.1. The van der Waals surface area contributed by atoms with Crippen LogP contribution in [0.15, 0.2) is 59.5 Å². The molecule has 1 fully saturated rings. The number of carbonyl (C=O) groups excluding carboxylic acids is 1. The summed E-state index contributed by atoms with van der Waals surface area (Å²) in [6, 6.07) is 15.7. The quantitative estimate of drug-likeness (QED) is 0.728. The van der Waals surface area contributed by atoms with E-state index in [1.54, 1.807) is 37.3 Å². The van der Waals surface area contributed by atoms with Gasteiger partial charge in [0.15, 0.2) is 0 Å². The molecule has 0 aliphatic carbocycles. The molecule has 0 spiro atoms. The molecule has 1 aliphatic heterocycles. The van der Waals surface area contributed by atoms with Gasteiger partial charge in [-0.3, -0.25) is 9.10 Å². The number of carbonyl (C=O) groups is 1. The number of benzene rings is 2. The van der Waals surface area contributed by atoms with Crippen LogP contribution in [0.5, 0.6) is 0 Å². The summed E-state index contributed by atoms with van der Waals surface area (Å²) in [5.74, 6) is -0.114. The Kier molecular flexibility index (Phi) is 6.59. The number of nitrogens with zero attached hydrogens (tertiary/aromatic N) is 3. The van der Waals surface area contributed by atoms with E-state index in [-0.39, 0.29) is 10.8 Å². The largest absolute Gasteiger partial charge is 0.337 e. The van der Waals surface area contributed by atoms with Crippen molar-refractivity contribution < 1.29 is 13.2 Å². The minimum atomic E-state index is -3.76. The number of likely N-dealkylation sites (tertiary alicyclic amines) is 1. The highest BCUT2D eigenvalue weighted by Crippen LogP contribution is 2.25. The smallest absolute Gasteiger partial charge is 0.264 e. The van der Waals surface area contributed by atoms with E-state index in [4.69, 9.17) is 0 Å². The first-order valence-electron chi connectivity index (χ1n) is 9.98. The van der Waals surface area contributed by atoms with Gasteiger partial charge in [-0.25, -0.2) is 8.42 Å². The number of piperidine rings is 1. The summed E-state index contributed by atoms with van der Waals surface area (Å²) in [5.41, 5.74) is 1.02. The number of likely N-dealkylation sites (N-methyl/N-ethyl adjacent to an activating group) is 1. The summed E-state index contributed by atoms with van der Waals surface area (Å²) in [4.78, 5) is 17.2. The molecule has 1 aliphatic rings. The number of hydrogen-bond donors (Lipinski definition) is 0. The fourth-order valence-corrected chi connectivity index (χ4v) is 5.27. The van der Waals surface area contributed by atoms with Crippen LogP contribution in [0.4, 0.5) is 5.69 Å². The van der Waals surface area contributed by atoms with Gasteiger partial charge in [-0.2, -0.15) is 0 Å². The van der Waals surface area contributed by atoms with Gasteiger partial charge in [0.2, 0.25) is 0 Å². The average molecular weight is 416 g/mol. The van der Waals surface area contributed by atoms with E-state index in [0.717, 1.165) is 12.8 Å². The van der Waals surface area contributed by atoms with Crippen molar-refractivity contribution in [1.82, 2.24) is 9.80 Å². The second-order valence-electron chi connectivity index (χ2n) is 7.54. The van der Waals surface area contributed by atoms with Gasteiger partial charge in [0, 0.05) is 31.2 Å². The van der Waals surface area contributed by atoms with E-state index < -0.39 is 10.0 Å². The number of amides is 1. The topological polar surface area (TPSA) is 60.9 Å². The zero-order valence-electron chi connectivity index (χ0n) is 17.3. The third kappa shape index (κ3) is 4.62. The summed E-state index contributed by atoms with van der Waals surface area (Å²) in [6.07, 6.45) is 2.01. The third-order valence-electron chi connectivity index (χ3n) is 5.41. The molecule has 2 aromatic carbocycles. The molecule has 156 valence electrons. The van der Waals surface area contributed by atoms with E-state index >= 15 is 0 Å². The van der Waals surface area contributed by atoms with Crippen molar-refractivity contribution in [3.8, 4) is 0 Å². The van der Waals surface area contributed by atoms with Gasteiger partial charge in [-0.1, -0.05) is 24.3 Å². The van der Waals surface area contributed by atoms with E-state index in [2.05, 4.69) is 4.90 Å². The lowest BCUT2D eigenvalue weighted by molar-refractivity contribution is 0.0635. The number of anilines is 1. The molecule has 2 aromatic rings. The van der Waals surface area contributed by atoms with Crippen molar-refractivity contribution in [2.24, 2.45) is 0 Å². The van der Waals surface area contributed by atoms with Gasteiger partial charge in [-0.05, 0) is 64.2 Å². The summed E-state index contributed by atoms with van der Waals surface area (Å²) < 4.78 is 27.9. The molecule has 1 saturated heterocycles. The number of para-hydroxylation sites is 1. The Morgan fingerprint density at radius 1 is 1.10 bits per heavy atom. The highest BCUT2D eigenvalue weighted by Gasteiger charge is 2.28. The number of hydrogen-bond acceptors (Lipinski definition) is 4. The molecule has 0 radical (unpaired) electrons. The molecule has 7 heteroatoms. The van der Waals surface area contributed by atoms with Crippen molar-refractivity contribution in [3.05, 3.63) is 60.2 Å². The predicted octanol–water partition coefficient (Wildman–Crippen LogP) is 3.07. The minimum Gasteiger partial charge on any atom is -0.337 e. The van der Waals surface area contributed by atoms with Gasteiger partial charge in [-0.15, -0.1) is 0 Å². The van der Waals surface area contributed by atoms with E-state index in [1.807, 2.05) is 37.2 Å². The third-order valence-corrected chi connectivity index (χ3v) is 7.31. The van der Waals surface area contributed by atoms with E-state index in [9.17, 15) is 13.2 Å². The lowest BCUT2D eigenvalue weighted by atomic mass is 10.0. The Hall–Kier alpha value is -2.38. The summed E-state index contributed by atoms with van der Waals surface area (Å²) in [5, 5.41) is 0. The monoisotopic (exact) mass is 415 g/mol. The summed E-state index contributed by atoms with van der Waals surface area (Å²) >= 11 is 0. The van der Waals surface area contributed by atoms with Gasteiger partial charge in [0.05, 0.1) is 10.6 Å². The average Bonchev–Trinajstić information content (AvgIpc) is 2.74. The van der Waals surface area contributed by atoms with Crippen LogP contribution in [0.3, 0.4) is 0 Å². The van der Waals surface area contributed by atoms with Crippen LogP contribution in [0.25, 0.3) is 0 Å². The standard InChI is InChI=1S/C22H29N3O3S/c1-4-25(19-11-6-5-7-12-19)29(27,28)21-14-8-10-18(16-21)22(26)24-15-9-13-20(17-24)23(2)3/h5-8,10-12,14,16,20H,4,9,13,15,17H2,1-3H3. The normalized spacial score (nSPS) is 17.4. The van der Waals surface area contributed by atoms with Crippen molar-refractivity contribution in [2.75, 3.05) is 38.0 Å². The Morgan fingerprint density at radius 2 is 1.83 bits per heavy atom. The highest BCUT2D eigenvalue weighted by molar-refractivity contribution is 7.92. The van der Waals surface area contributed by atoms with Gasteiger partial charge >= 0.3 is 0 Å². The number of rotatable bonds is 6. The molecular formula is C22H29N3O3S. The second kappa shape index (κ2) is 8.97. The minimum absolute atomic E-state index is 0.114. The van der Waals surface area contributed by atoms with Gasteiger partial charge < -0.3 is 9.80 Å². The molecule has 0 saturated carbocycles. The lowest BCUT2D eigenvalue weighted by Gasteiger charge is -2.36. The molecular weight excluding hydrogens is 386 g/mol. The van der Waals surface area contributed by atoms with Gasteiger partial charge in [0.1, 0.15) is 0 Å². The maximum absolute atomic E-state index is 13.3. The highest BCUT2D eigenvalue weighted by atomic mass is 32.2. The molecule has 0 bridgehead atoms. The summed E-state index contributed by atoms with van der Waals surface area (Å²) in [6.45, 7) is 3.47. The van der Waals surface area contributed by atoms with Gasteiger partial charge in [0.25, 0.3) is 15.9 Å². The Balaban J connectivity index is 1.87. The second-order valence-corrected chi connectivity index (χ2v) is 9.41. The van der Waals surface area contributed by atoms with Crippen LogP contribution in [0, 0.1) is 0 Å². The fourth-order valence-electron chi connectivity index (χ4n) is 3.75.